The fraction of sp³-hybridized carbons (Fsp3) is 0.300. The van der Waals surface area contributed by atoms with Crippen LogP contribution in [0.4, 0.5) is 5.69 Å². The predicted molar refractivity (Wildman–Crippen MR) is 104 cm³/mol. The number of halogens is 2. The lowest BCUT2D eigenvalue weighted by Crippen LogP contribution is -2.38. The van der Waals surface area contributed by atoms with Gasteiger partial charge in [0.1, 0.15) is 11.7 Å². The molecular weight excluding hydrogens is 387 g/mol. The summed E-state index contributed by atoms with van der Waals surface area (Å²) in [4.78, 5) is 27.1. The van der Waals surface area contributed by atoms with Crippen molar-refractivity contribution in [2.75, 3.05) is 11.4 Å². The first kappa shape index (κ1) is 18.1. The molecule has 1 fully saturated rings. The highest BCUT2D eigenvalue weighted by Crippen LogP contribution is 2.37. The predicted octanol–water partition coefficient (Wildman–Crippen LogP) is 3.86. The number of nitrogens with zero attached hydrogens (tertiary/aromatic N) is 1. The van der Waals surface area contributed by atoms with Gasteiger partial charge in [-0.25, -0.2) is 0 Å². The van der Waals surface area contributed by atoms with Crippen LogP contribution in [-0.2, 0) is 16.0 Å². The van der Waals surface area contributed by atoms with Gasteiger partial charge in [0, 0.05) is 12.2 Å². The molecule has 0 saturated carbocycles. The van der Waals surface area contributed by atoms with Crippen molar-refractivity contribution in [2.24, 2.45) is 5.92 Å². The summed E-state index contributed by atoms with van der Waals surface area (Å²) in [5.41, 5.74) is 2.44. The van der Waals surface area contributed by atoms with Gasteiger partial charge in [-0.05, 0) is 54.7 Å². The summed E-state index contributed by atoms with van der Waals surface area (Å²) in [5.74, 6) is -0.975. The van der Waals surface area contributed by atoms with Gasteiger partial charge in [0.15, 0.2) is 0 Å². The van der Waals surface area contributed by atoms with Crippen molar-refractivity contribution in [3.05, 3.63) is 57.6 Å². The van der Waals surface area contributed by atoms with Crippen molar-refractivity contribution in [2.45, 2.75) is 25.3 Å². The zero-order valence-electron chi connectivity index (χ0n) is 14.4. The number of fused-ring (bicyclic) bond motifs is 1. The van der Waals surface area contributed by atoms with E-state index in [0.717, 1.165) is 17.5 Å². The number of carbonyl (C=O) groups is 2. The average Bonchev–Trinajstić information content (AvgIpc) is 3.22. The maximum atomic E-state index is 12.8. The number of hydrogen-bond acceptors (Lipinski definition) is 3. The highest BCUT2D eigenvalue weighted by Gasteiger charge is 2.39. The minimum atomic E-state index is -0.721. The fourth-order valence-electron chi connectivity index (χ4n) is 3.89. The number of phenolic OH excluding ortho intramolecular Hbond substituents is 1. The third-order valence-electron chi connectivity index (χ3n) is 5.30. The summed E-state index contributed by atoms with van der Waals surface area (Å²) in [7, 11) is 0. The summed E-state index contributed by atoms with van der Waals surface area (Å²) in [6.07, 6.45) is 1.88. The first-order valence-electron chi connectivity index (χ1n) is 8.83. The molecule has 27 heavy (non-hydrogen) atoms. The lowest BCUT2D eigenvalue weighted by molar-refractivity contribution is -0.132. The topological polar surface area (TPSA) is 69.6 Å². The Bertz CT molecular complexity index is 931. The van der Waals surface area contributed by atoms with Gasteiger partial charge in [0.25, 0.3) is 0 Å². The first-order valence-corrected chi connectivity index (χ1v) is 9.59. The highest BCUT2D eigenvalue weighted by molar-refractivity contribution is 6.42. The smallest absolute Gasteiger partial charge is 0.239 e. The number of carbonyl (C=O) groups excluding carboxylic acids is 2. The molecule has 5 nitrogen and oxygen atoms in total. The van der Waals surface area contributed by atoms with E-state index in [1.165, 1.54) is 0 Å². The highest BCUT2D eigenvalue weighted by atomic mass is 35.5. The Hall–Kier alpha value is -2.24. The van der Waals surface area contributed by atoms with Crippen LogP contribution < -0.4 is 10.2 Å². The maximum absolute atomic E-state index is 12.8. The van der Waals surface area contributed by atoms with E-state index < -0.39 is 5.92 Å². The number of nitrogens with one attached hydrogen (secondary N) is 1. The number of aromatic hydroxyl groups is 1. The number of anilines is 1. The quantitative estimate of drug-likeness (QED) is 0.763. The molecule has 2 atom stereocenters. The average molecular weight is 405 g/mol. The van der Waals surface area contributed by atoms with Gasteiger partial charge in [-0.15, -0.1) is 0 Å². The molecule has 0 spiro atoms. The number of hydrogen-bond donors (Lipinski definition) is 2. The van der Waals surface area contributed by atoms with Gasteiger partial charge >= 0.3 is 0 Å². The molecule has 2 N–H and O–H groups in total. The maximum Gasteiger partial charge on any atom is 0.239 e. The van der Waals surface area contributed by atoms with E-state index in [9.17, 15) is 14.7 Å². The lowest BCUT2D eigenvalue weighted by atomic mass is 10.0. The SMILES string of the molecule is O=C(NC1CCc2c(O)cccc21)C1CCN(c2ccc(Cl)c(Cl)c2)C1=O. The Balaban J connectivity index is 1.47. The van der Waals surface area contributed by atoms with Gasteiger partial charge in [0.05, 0.1) is 16.1 Å². The second-order valence-corrected chi connectivity index (χ2v) is 7.69. The van der Waals surface area contributed by atoms with E-state index in [-0.39, 0.29) is 23.6 Å². The Morgan fingerprint density at radius 3 is 2.74 bits per heavy atom. The van der Waals surface area contributed by atoms with Crippen molar-refractivity contribution < 1.29 is 14.7 Å². The minimum absolute atomic E-state index is 0.175. The van der Waals surface area contributed by atoms with E-state index >= 15 is 0 Å². The Labute approximate surface area is 166 Å². The minimum Gasteiger partial charge on any atom is -0.508 e. The Morgan fingerprint density at radius 2 is 1.96 bits per heavy atom. The molecule has 0 radical (unpaired) electrons. The third kappa shape index (κ3) is 3.26. The molecule has 2 aromatic carbocycles. The lowest BCUT2D eigenvalue weighted by Gasteiger charge is -2.19. The fourth-order valence-corrected chi connectivity index (χ4v) is 4.18. The molecule has 0 aromatic heterocycles. The Morgan fingerprint density at radius 1 is 1.15 bits per heavy atom. The second kappa shape index (κ2) is 7.06. The van der Waals surface area contributed by atoms with Crippen molar-refractivity contribution in [1.29, 1.82) is 0 Å². The van der Waals surface area contributed by atoms with E-state index in [2.05, 4.69) is 5.32 Å². The molecule has 1 saturated heterocycles. The molecule has 2 unspecified atom stereocenters. The van der Waals surface area contributed by atoms with Crippen LogP contribution in [0.1, 0.15) is 30.0 Å². The first-order chi connectivity index (χ1) is 13.0. The van der Waals surface area contributed by atoms with Gasteiger partial charge in [-0.2, -0.15) is 0 Å². The van der Waals surface area contributed by atoms with Crippen LogP contribution in [0, 0.1) is 5.92 Å². The van der Waals surface area contributed by atoms with Crippen LogP contribution >= 0.6 is 23.2 Å². The summed E-state index contributed by atoms with van der Waals surface area (Å²) in [5, 5.41) is 13.7. The molecule has 1 aliphatic heterocycles. The van der Waals surface area contributed by atoms with Crippen molar-refractivity contribution in [3.63, 3.8) is 0 Å². The summed E-state index contributed by atoms with van der Waals surface area (Å²) in [6.45, 7) is 0.455. The molecule has 2 aromatic rings. The molecule has 7 heteroatoms. The zero-order valence-corrected chi connectivity index (χ0v) is 15.9. The van der Waals surface area contributed by atoms with E-state index in [1.807, 2.05) is 6.07 Å². The molecule has 2 amide bonds. The van der Waals surface area contributed by atoms with Crippen LogP contribution in [0.2, 0.25) is 10.0 Å². The van der Waals surface area contributed by atoms with E-state index in [4.69, 9.17) is 23.2 Å². The van der Waals surface area contributed by atoms with Crippen molar-refractivity contribution >= 4 is 40.7 Å². The molecular formula is C20H18Cl2N2O3. The van der Waals surface area contributed by atoms with Gasteiger partial charge in [0.2, 0.25) is 11.8 Å². The molecule has 1 aliphatic carbocycles. The van der Waals surface area contributed by atoms with Crippen molar-refractivity contribution in [1.82, 2.24) is 5.32 Å². The molecule has 4 rings (SSSR count). The van der Waals surface area contributed by atoms with Gasteiger partial charge in [-0.1, -0.05) is 35.3 Å². The molecule has 1 heterocycles. The number of rotatable bonds is 3. The summed E-state index contributed by atoms with van der Waals surface area (Å²) < 4.78 is 0. The third-order valence-corrected chi connectivity index (χ3v) is 6.04. The van der Waals surface area contributed by atoms with Crippen molar-refractivity contribution in [3.8, 4) is 5.75 Å². The van der Waals surface area contributed by atoms with Gasteiger partial charge in [-0.3, -0.25) is 9.59 Å². The van der Waals surface area contributed by atoms with E-state index in [0.29, 0.717) is 35.1 Å². The number of phenols is 1. The molecule has 2 aliphatic rings. The largest absolute Gasteiger partial charge is 0.508 e. The van der Waals surface area contributed by atoms with E-state index in [1.54, 1.807) is 35.2 Å². The monoisotopic (exact) mass is 404 g/mol. The van der Waals surface area contributed by atoms with Crippen LogP contribution in [-0.4, -0.2) is 23.5 Å². The number of benzene rings is 2. The van der Waals surface area contributed by atoms with Crippen LogP contribution in [0.15, 0.2) is 36.4 Å². The number of amides is 2. The summed E-state index contributed by atoms with van der Waals surface area (Å²) in [6, 6.07) is 10.2. The standard InChI is InChI=1S/C20H18Cl2N2O3/c21-15-6-4-11(10-16(15)22)24-9-8-14(20(24)27)19(26)23-17-7-5-13-12(17)2-1-3-18(13)25/h1-4,6,10,14,17,25H,5,7-9H2,(H,23,26). The second-order valence-electron chi connectivity index (χ2n) is 6.87. The molecule has 0 bridgehead atoms. The van der Waals surface area contributed by atoms with Crippen LogP contribution in [0.5, 0.6) is 5.75 Å². The zero-order chi connectivity index (χ0) is 19.1. The Kier molecular flexibility index (Phi) is 4.74. The van der Waals surface area contributed by atoms with Crippen LogP contribution in [0.3, 0.4) is 0 Å². The normalized spacial score (nSPS) is 21.4. The molecule has 140 valence electrons. The summed E-state index contributed by atoms with van der Waals surface area (Å²) >= 11 is 12.0. The van der Waals surface area contributed by atoms with Gasteiger partial charge < -0.3 is 15.3 Å². The van der Waals surface area contributed by atoms with Crippen LogP contribution in [0.25, 0.3) is 0 Å².